The monoisotopic (exact) mass is 239 g/mol. The number of ether oxygens (including phenoxy) is 1. The van der Waals surface area contributed by atoms with Gasteiger partial charge in [0.05, 0.1) is 0 Å². The molecule has 0 N–H and O–H groups in total. The summed E-state index contributed by atoms with van der Waals surface area (Å²) in [4.78, 5) is 13.8. The Morgan fingerprint density at radius 3 is 2.41 bits per heavy atom. The van der Waals surface area contributed by atoms with Gasteiger partial charge in [-0.3, -0.25) is 9.69 Å². The number of Topliss-reactive ketones (excluding diaryl/α,β-unsaturated/α-hetero) is 1. The summed E-state index contributed by atoms with van der Waals surface area (Å²) < 4.78 is 5.51. The first-order valence-corrected chi connectivity index (χ1v) is 7.13. The van der Waals surface area contributed by atoms with Crippen LogP contribution in [0.25, 0.3) is 0 Å². The lowest BCUT2D eigenvalue weighted by atomic mass is 9.85. The van der Waals surface area contributed by atoms with Crippen molar-refractivity contribution in [2.75, 3.05) is 26.3 Å². The van der Waals surface area contributed by atoms with Gasteiger partial charge in [-0.15, -0.1) is 0 Å². The zero-order valence-corrected chi connectivity index (χ0v) is 11.0. The summed E-state index contributed by atoms with van der Waals surface area (Å²) in [5.74, 6) is 1.23. The molecule has 0 unspecified atom stereocenters. The van der Waals surface area contributed by atoms with E-state index in [1.54, 1.807) is 0 Å². The zero-order valence-electron chi connectivity index (χ0n) is 11.0. The third-order valence-electron chi connectivity index (χ3n) is 4.25. The highest BCUT2D eigenvalue weighted by Gasteiger charge is 2.28. The molecule has 0 spiro atoms. The van der Waals surface area contributed by atoms with Crippen LogP contribution in [0.4, 0.5) is 0 Å². The molecule has 0 radical (unpaired) electrons. The maximum Gasteiger partial charge on any atom is 0.135 e. The topological polar surface area (TPSA) is 29.5 Å². The van der Waals surface area contributed by atoms with Crippen LogP contribution in [0.1, 0.15) is 45.4 Å². The van der Waals surface area contributed by atoms with Gasteiger partial charge in [-0.05, 0) is 38.5 Å². The summed E-state index contributed by atoms with van der Waals surface area (Å²) in [7, 11) is 0. The van der Waals surface area contributed by atoms with Crippen molar-refractivity contribution in [2.24, 2.45) is 5.92 Å². The number of piperidine rings is 1. The van der Waals surface area contributed by atoms with Gasteiger partial charge in [0, 0.05) is 45.2 Å². The average molecular weight is 239 g/mol. The third-order valence-corrected chi connectivity index (χ3v) is 4.25. The van der Waals surface area contributed by atoms with Crippen molar-refractivity contribution in [1.82, 2.24) is 4.90 Å². The predicted octanol–water partition coefficient (Wildman–Crippen LogP) is 2.25. The number of likely N-dealkylation sites (tertiary alicyclic amines) is 1. The summed E-state index contributed by atoms with van der Waals surface area (Å²) in [6.45, 7) is 5.85. The molecule has 98 valence electrons. The minimum Gasteiger partial charge on any atom is -0.381 e. The predicted molar refractivity (Wildman–Crippen MR) is 68.1 cm³/mol. The van der Waals surface area contributed by atoms with E-state index in [2.05, 4.69) is 11.8 Å². The smallest absolute Gasteiger partial charge is 0.135 e. The highest BCUT2D eigenvalue weighted by molar-refractivity contribution is 5.79. The Balaban J connectivity index is 1.69. The van der Waals surface area contributed by atoms with Crippen LogP contribution in [0.15, 0.2) is 0 Å². The van der Waals surface area contributed by atoms with Crippen LogP contribution in [0, 0.1) is 5.92 Å². The van der Waals surface area contributed by atoms with Crippen molar-refractivity contribution in [3.05, 3.63) is 0 Å². The lowest BCUT2D eigenvalue weighted by Gasteiger charge is -2.38. The number of hydrogen-bond acceptors (Lipinski definition) is 3. The van der Waals surface area contributed by atoms with Crippen LogP contribution < -0.4 is 0 Å². The summed E-state index contributed by atoms with van der Waals surface area (Å²) >= 11 is 0. The van der Waals surface area contributed by atoms with Crippen LogP contribution in [-0.2, 0) is 9.53 Å². The molecule has 1 heterocycles. The molecule has 0 aromatic carbocycles. The lowest BCUT2D eigenvalue weighted by Crippen LogP contribution is -2.43. The molecular formula is C14H25NO2. The molecule has 1 aliphatic carbocycles. The van der Waals surface area contributed by atoms with Gasteiger partial charge in [-0.25, -0.2) is 0 Å². The molecule has 3 heteroatoms. The highest BCUT2D eigenvalue weighted by atomic mass is 16.5. The van der Waals surface area contributed by atoms with E-state index in [-0.39, 0.29) is 0 Å². The van der Waals surface area contributed by atoms with Crippen LogP contribution in [0.5, 0.6) is 0 Å². The van der Waals surface area contributed by atoms with E-state index in [1.165, 1.54) is 25.7 Å². The van der Waals surface area contributed by atoms with Gasteiger partial charge < -0.3 is 4.74 Å². The highest BCUT2D eigenvalue weighted by Crippen LogP contribution is 2.29. The number of nitrogens with zero attached hydrogens (tertiary/aromatic N) is 1. The fourth-order valence-electron chi connectivity index (χ4n) is 3.10. The first-order chi connectivity index (χ1) is 8.29. The summed E-state index contributed by atoms with van der Waals surface area (Å²) in [6.07, 6.45) is 6.75. The van der Waals surface area contributed by atoms with E-state index in [4.69, 9.17) is 4.74 Å². The molecule has 2 rings (SSSR count). The molecule has 1 saturated carbocycles. The Morgan fingerprint density at radius 1 is 1.18 bits per heavy atom. The third kappa shape index (κ3) is 3.78. The van der Waals surface area contributed by atoms with Crippen molar-refractivity contribution in [3.63, 3.8) is 0 Å². The fourth-order valence-corrected chi connectivity index (χ4v) is 3.10. The van der Waals surface area contributed by atoms with Crippen molar-refractivity contribution in [1.29, 1.82) is 0 Å². The van der Waals surface area contributed by atoms with Crippen molar-refractivity contribution < 1.29 is 9.53 Å². The molecule has 0 bridgehead atoms. The molecule has 0 amide bonds. The van der Waals surface area contributed by atoms with E-state index in [0.29, 0.717) is 5.78 Å². The normalized spacial score (nSPS) is 31.7. The first kappa shape index (κ1) is 13.0. The van der Waals surface area contributed by atoms with Gasteiger partial charge in [-0.1, -0.05) is 0 Å². The van der Waals surface area contributed by atoms with Crippen molar-refractivity contribution in [2.45, 2.75) is 51.5 Å². The Labute approximate surface area is 105 Å². The minimum atomic E-state index is 0.450. The second kappa shape index (κ2) is 6.50. The van der Waals surface area contributed by atoms with Gasteiger partial charge in [0.25, 0.3) is 0 Å². The Hall–Kier alpha value is -0.410. The van der Waals surface area contributed by atoms with E-state index in [1.807, 2.05) is 0 Å². The Bertz CT molecular complexity index is 237. The van der Waals surface area contributed by atoms with Crippen LogP contribution in [-0.4, -0.2) is 43.0 Å². The number of hydrogen-bond donors (Lipinski definition) is 0. The summed E-state index contributed by atoms with van der Waals surface area (Å²) in [5, 5.41) is 0. The SMILES string of the molecule is CCOC[C@H]1CC[C@H](N2CCC(=O)CC2)CC1. The largest absolute Gasteiger partial charge is 0.381 e. The number of carbonyl (C=O) groups excluding carboxylic acids is 1. The Morgan fingerprint density at radius 2 is 1.82 bits per heavy atom. The van der Waals surface area contributed by atoms with Gasteiger partial charge in [-0.2, -0.15) is 0 Å². The molecule has 3 nitrogen and oxygen atoms in total. The first-order valence-electron chi connectivity index (χ1n) is 7.13. The van der Waals surface area contributed by atoms with E-state index < -0.39 is 0 Å². The zero-order chi connectivity index (χ0) is 12.1. The lowest BCUT2D eigenvalue weighted by molar-refractivity contribution is -0.122. The fraction of sp³-hybridized carbons (Fsp3) is 0.929. The van der Waals surface area contributed by atoms with E-state index in [0.717, 1.165) is 51.1 Å². The number of ketones is 1. The molecule has 1 aliphatic heterocycles. The summed E-state index contributed by atoms with van der Waals surface area (Å²) in [6, 6.07) is 0.737. The molecule has 0 atom stereocenters. The van der Waals surface area contributed by atoms with Gasteiger partial charge in [0.2, 0.25) is 0 Å². The number of rotatable bonds is 4. The standard InChI is InChI=1S/C14H25NO2/c1-2-17-11-12-3-5-13(6-4-12)15-9-7-14(16)8-10-15/h12-13H,2-11H2,1H3/t12-,13-. The molecular weight excluding hydrogens is 214 g/mol. The van der Waals surface area contributed by atoms with Crippen molar-refractivity contribution >= 4 is 5.78 Å². The molecule has 2 aliphatic rings. The second-order valence-electron chi connectivity index (χ2n) is 5.41. The Kier molecular flexibility index (Phi) is 4.99. The molecule has 17 heavy (non-hydrogen) atoms. The van der Waals surface area contributed by atoms with Crippen molar-refractivity contribution in [3.8, 4) is 0 Å². The van der Waals surface area contributed by atoms with E-state index >= 15 is 0 Å². The maximum atomic E-state index is 11.2. The molecule has 1 saturated heterocycles. The maximum absolute atomic E-state index is 11.2. The van der Waals surface area contributed by atoms with Gasteiger partial charge >= 0.3 is 0 Å². The van der Waals surface area contributed by atoms with Crippen LogP contribution in [0.2, 0.25) is 0 Å². The van der Waals surface area contributed by atoms with E-state index in [9.17, 15) is 4.79 Å². The minimum absolute atomic E-state index is 0.450. The summed E-state index contributed by atoms with van der Waals surface area (Å²) in [5.41, 5.74) is 0. The average Bonchev–Trinajstić information content (AvgIpc) is 2.38. The molecule has 2 fully saturated rings. The quantitative estimate of drug-likeness (QED) is 0.753. The molecule has 0 aromatic heterocycles. The second-order valence-corrected chi connectivity index (χ2v) is 5.41. The van der Waals surface area contributed by atoms with Gasteiger partial charge in [0.15, 0.2) is 0 Å². The number of carbonyl (C=O) groups is 1. The van der Waals surface area contributed by atoms with Crippen LogP contribution in [0.3, 0.4) is 0 Å². The van der Waals surface area contributed by atoms with Gasteiger partial charge in [0.1, 0.15) is 5.78 Å². The molecule has 0 aromatic rings. The van der Waals surface area contributed by atoms with Crippen LogP contribution >= 0.6 is 0 Å².